The smallest absolute Gasteiger partial charge is 0.225 e. The van der Waals surface area contributed by atoms with Crippen LogP contribution < -0.4 is 11.5 Å². The lowest BCUT2D eigenvalue weighted by Crippen LogP contribution is -2.04. The fourth-order valence-electron chi connectivity index (χ4n) is 1.48. The zero-order valence-electron chi connectivity index (χ0n) is 9.12. The summed E-state index contributed by atoms with van der Waals surface area (Å²) in [7, 11) is 0. The van der Waals surface area contributed by atoms with Gasteiger partial charge in [-0.1, -0.05) is 0 Å². The van der Waals surface area contributed by atoms with Crippen LogP contribution in [0.2, 0.25) is 0 Å². The summed E-state index contributed by atoms with van der Waals surface area (Å²) in [6.07, 6.45) is 4.98. The molecule has 3 rings (SSSR count). The largest absolute Gasteiger partial charge is 0.368 e. The van der Waals surface area contributed by atoms with Gasteiger partial charge in [-0.05, 0) is 0 Å². The fourth-order valence-corrected chi connectivity index (χ4v) is 1.48. The molecule has 0 aliphatic heterocycles. The van der Waals surface area contributed by atoms with Gasteiger partial charge in [0, 0.05) is 12.4 Å². The Morgan fingerprint density at radius 2 is 1.72 bits per heavy atom. The first kappa shape index (κ1) is 10.2. The Kier molecular flexibility index (Phi) is 2.15. The fraction of sp³-hybridized carbons (Fsp3) is 0. The van der Waals surface area contributed by atoms with Crippen LogP contribution in [0.25, 0.3) is 23.2 Å². The molecule has 0 unspecified atom stereocenters. The number of imidazole rings is 2. The highest BCUT2D eigenvalue weighted by Gasteiger charge is 2.10. The van der Waals surface area contributed by atoms with Gasteiger partial charge in [-0.2, -0.15) is 15.0 Å². The van der Waals surface area contributed by atoms with E-state index in [2.05, 4.69) is 34.9 Å². The van der Waals surface area contributed by atoms with Crippen molar-refractivity contribution in [1.82, 2.24) is 34.9 Å². The Morgan fingerprint density at radius 1 is 0.944 bits per heavy atom. The van der Waals surface area contributed by atoms with Crippen molar-refractivity contribution in [3.63, 3.8) is 0 Å². The highest BCUT2D eigenvalue weighted by Crippen LogP contribution is 2.17. The van der Waals surface area contributed by atoms with Crippen molar-refractivity contribution >= 4 is 11.9 Å². The molecule has 0 spiro atoms. The SMILES string of the molecule is Nc1nc(N)nc(-c2ncc(-c3ncc[nH]3)[nH]2)n1. The quantitative estimate of drug-likeness (QED) is 0.487. The number of aromatic amines is 2. The topological polar surface area (TPSA) is 148 Å². The molecule has 0 bridgehead atoms. The summed E-state index contributed by atoms with van der Waals surface area (Å²) in [4.78, 5) is 25.8. The zero-order chi connectivity index (χ0) is 12.5. The molecule has 0 aliphatic rings. The van der Waals surface area contributed by atoms with E-state index >= 15 is 0 Å². The van der Waals surface area contributed by atoms with Gasteiger partial charge in [-0.3, -0.25) is 0 Å². The van der Waals surface area contributed by atoms with Crippen molar-refractivity contribution < 1.29 is 0 Å². The summed E-state index contributed by atoms with van der Waals surface area (Å²) in [5, 5.41) is 0. The van der Waals surface area contributed by atoms with Crippen LogP contribution in [0.5, 0.6) is 0 Å². The first-order valence-corrected chi connectivity index (χ1v) is 5.04. The summed E-state index contributed by atoms with van der Waals surface area (Å²) < 4.78 is 0. The van der Waals surface area contributed by atoms with Gasteiger partial charge in [0.1, 0.15) is 5.69 Å². The maximum atomic E-state index is 5.50. The number of anilines is 2. The average molecular weight is 243 g/mol. The summed E-state index contributed by atoms with van der Waals surface area (Å²) in [6.45, 7) is 0. The van der Waals surface area contributed by atoms with Crippen molar-refractivity contribution in [3.8, 4) is 23.2 Å². The molecule has 0 aliphatic carbocycles. The monoisotopic (exact) mass is 243 g/mol. The maximum Gasteiger partial charge on any atom is 0.225 e. The molecule has 0 fully saturated rings. The summed E-state index contributed by atoms with van der Waals surface area (Å²) in [5.41, 5.74) is 11.7. The van der Waals surface area contributed by atoms with E-state index in [4.69, 9.17) is 11.5 Å². The van der Waals surface area contributed by atoms with E-state index in [9.17, 15) is 0 Å². The minimum Gasteiger partial charge on any atom is -0.368 e. The van der Waals surface area contributed by atoms with Crippen molar-refractivity contribution in [3.05, 3.63) is 18.6 Å². The molecule has 6 N–H and O–H groups in total. The molecule has 9 nitrogen and oxygen atoms in total. The molecule has 3 heterocycles. The lowest BCUT2D eigenvalue weighted by atomic mass is 10.5. The molecule has 90 valence electrons. The van der Waals surface area contributed by atoms with Crippen molar-refractivity contribution in [2.75, 3.05) is 11.5 Å². The van der Waals surface area contributed by atoms with Gasteiger partial charge in [0.15, 0.2) is 11.6 Å². The van der Waals surface area contributed by atoms with E-state index in [1.165, 1.54) is 0 Å². The molecule has 0 saturated heterocycles. The van der Waals surface area contributed by atoms with Crippen LogP contribution in [0.3, 0.4) is 0 Å². The van der Waals surface area contributed by atoms with E-state index in [-0.39, 0.29) is 17.7 Å². The number of hydrogen-bond acceptors (Lipinski definition) is 7. The van der Waals surface area contributed by atoms with Crippen molar-refractivity contribution in [2.24, 2.45) is 0 Å². The normalized spacial score (nSPS) is 10.7. The minimum absolute atomic E-state index is 0.0495. The third-order valence-electron chi connectivity index (χ3n) is 2.21. The van der Waals surface area contributed by atoms with E-state index in [1.54, 1.807) is 18.6 Å². The zero-order valence-corrected chi connectivity index (χ0v) is 9.12. The van der Waals surface area contributed by atoms with Gasteiger partial charge in [-0.25, -0.2) is 9.97 Å². The Hall–Kier alpha value is -2.97. The van der Waals surface area contributed by atoms with Crippen molar-refractivity contribution in [1.29, 1.82) is 0 Å². The van der Waals surface area contributed by atoms with Gasteiger partial charge in [-0.15, -0.1) is 0 Å². The molecule has 0 saturated carbocycles. The summed E-state index contributed by atoms with van der Waals surface area (Å²) in [6, 6.07) is 0. The van der Waals surface area contributed by atoms with E-state index in [0.29, 0.717) is 17.3 Å². The molecule has 0 atom stereocenters. The maximum absolute atomic E-state index is 5.50. The van der Waals surface area contributed by atoms with Crippen LogP contribution in [0.4, 0.5) is 11.9 Å². The summed E-state index contributed by atoms with van der Waals surface area (Å²) >= 11 is 0. The molecule has 0 aromatic carbocycles. The van der Waals surface area contributed by atoms with Crippen LogP contribution in [0.1, 0.15) is 0 Å². The number of nitrogens with one attached hydrogen (secondary N) is 2. The Balaban J connectivity index is 2.03. The second-order valence-corrected chi connectivity index (χ2v) is 3.46. The third-order valence-corrected chi connectivity index (χ3v) is 2.21. The Labute approximate surface area is 101 Å². The predicted octanol–water partition coefficient (Wildman–Crippen LogP) is -0.184. The van der Waals surface area contributed by atoms with Gasteiger partial charge < -0.3 is 21.4 Å². The lowest BCUT2D eigenvalue weighted by Gasteiger charge is -1.98. The predicted molar refractivity (Wildman–Crippen MR) is 63.8 cm³/mol. The number of hydrogen-bond donors (Lipinski definition) is 4. The molecule has 3 aromatic heterocycles. The van der Waals surface area contributed by atoms with E-state index in [0.717, 1.165) is 0 Å². The van der Waals surface area contributed by atoms with Crippen LogP contribution in [0, 0.1) is 0 Å². The number of aromatic nitrogens is 7. The van der Waals surface area contributed by atoms with Crippen molar-refractivity contribution in [2.45, 2.75) is 0 Å². The summed E-state index contributed by atoms with van der Waals surface area (Å²) in [5.74, 6) is 1.51. The second-order valence-electron chi connectivity index (χ2n) is 3.46. The molecule has 9 heteroatoms. The Bertz CT molecular complexity index is 649. The van der Waals surface area contributed by atoms with Crippen LogP contribution in [-0.4, -0.2) is 34.9 Å². The number of H-pyrrole nitrogens is 2. The first-order chi connectivity index (χ1) is 8.72. The highest BCUT2D eigenvalue weighted by atomic mass is 15.2. The molecule has 0 amide bonds. The van der Waals surface area contributed by atoms with E-state index in [1.807, 2.05) is 0 Å². The molecule has 18 heavy (non-hydrogen) atoms. The second kappa shape index (κ2) is 3.80. The number of nitrogen functional groups attached to an aromatic ring is 2. The van der Waals surface area contributed by atoms with Crippen LogP contribution in [-0.2, 0) is 0 Å². The van der Waals surface area contributed by atoms with Gasteiger partial charge in [0.05, 0.1) is 6.20 Å². The van der Waals surface area contributed by atoms with Gasteiger partial charge in [0.2, 0.25) is 17.7 Å². The molecule has 0 radical (unpaired) electrons. The Morgan fingerprint density at radius 3 is 2.39 bits per heavy atom. The third kappa shape index (κ3) is 1.73. The lowest BCUT2D eigenvalue weighted by molar-refractivity contribution is 1.06. The minimum atomic E-state index is 0.0495. The number of nitrogens with two attached hydrogens (primary N) is 2. The van der Waals surface area contributed by atoms with Crippen LogP contribution >= 0.6 is 0 Å². The standard InChI is InChI=1S/C9H9N9/c10-8-16-7(17-9(11)18-8)6-14-3-4(15-6)5-12-1-2-13-5/h1-3H,(H,12,13)(H,14,15)(H4,10,11,16,17,18). The average Bonchev–Trinajstić information content (AvgIpc) is 2.99. The molecule has 3 aromatic rings. The van der Waals surface area contributed by atoms with Gasteiger partial charge in [0.25, 0.3) is 0 Å². The molecular formula is C9H9N9. The van der Waals surface area contributed by atoms with Crippen LogP contribution in [0.15, 0.2) is 18.6 Å². The highest BCUT2D eigenvalue weighted by molar-refractivity contribution is 5.56. The first-order valence-electron chi connectivity index (χ1n) is 5.04. The number of rotatable bonds is 2. The molecular weight excluding hydrogens is 234 g/mol. The number of nitrogens with zero attached hydrogens (tertiary/aromatic N) is 5. The van der Waals surface area contributed by atoms with Gasteiger partial charge >= 0.3 is 0 Å². The van der Waals surface area contributed by atoms with E-state index < -0.39 is 0 Å².